The van der Waals surface area contributed by atoms with Crippen molar-refractivity contribution in [3.8, 4) is 5.75 Å². The molecule has 0 bridgehead atoms. The summed E-state index contributed by atoms with van der Waals surface area (Å²) in [5, 5.41) is 11.9. The average molecular weight is 393 g/mol. The van der Waals surface area contributed by atoms with Gasteiger partial charge in [0, 0.05) is 11.3 Å². The summed E-state index contributed by atoms with van der Waals surface area (Å²) >= 11 is 2.62. The van der Waals surface area contributed by atoms with Crippen LogP contribution < -0.4 is 10.1 Å². The smallest absolute Gasteiger partial charge is 0.387 e. The maximum absolute atomic E-state index is 12.2. The Kier molecular flexibility index (Phi) is 6.13. The predicted molar refractivity (Wildman–Crippen MR) is 97.8 cm³/mol. The van der Waals surface area contributed by atoms with E-state index in [-0.39, 0.29) is 17.3 Å². The third kappa shape index (κ3) is 5.24. The number of nitrogens with zero attached hydrogens (tertiary/aromatic N) is 2. The fourth-order valence-corrected chi connectivity index (χ4v) is 3.66. The molecule has 0 atom stereocenters. The number of nitrogens with one attached hydrogen (secondary N) is 1. The lowest BCUT2D eigenvalue weighted by Crippen LogP contribution is -2.04. The number of anilines is 2. The molecule has 26 heavy (non-hydrogen) atoms. The number of rotatable bonds is 8. The number of Topliss-reactive ketones (excluding diaryl/α,β-unsaturated/α-hetero) is 1. The van der Waals surface area contributed by atoms with E-state index in [9.17, 15) is 13.6 Å². The molecule has 1 heterocycles. The van der Waals surface area contributed by atoms with Crippen molar-refractivity contribution in [1.29, 1.82) is 0 Å². The van der Waals surface area contributed by atoms with Crippen molar-refractivity contribution < 1.29 is 18.3 Å². The van der Waals surface area contributed by atoms with Crippen LogP contribution in [0.2, 0.25) is 0 Å². The third-order valence-electron chi connectivity index (χ3n) is 3.16. The first-order valence-electron chi connectivity index (χ1n) is 7.46. The lowest BCUT2D eigenvalue weighted by molar-refractivity contribution is -0.0498. The molecule has 0 amide bonds. The molecule has 0 saturated carbocycles. The lowest BCUT2D eigenvalue weighted by atomic mass is 10.1. The van der Waals surface area contributed by atoms with Crippen LogP contribution in [0, 0.1) is 0 Å². The number of aromatic nitrogens is 2. The summed E-state index contributed by atoms with van der Waals surface area (Å²) < 4.78 is 29.2. The Morgan fingerprint density at radius 1 is 1.12 bits per heavy atom. The molecule has 0 fully saturated rings. The van der Waals surface area contributed by atoms with Gasteiger partial charge >= 0.3 is 6.61 Å². The van der Waals surface area contributed by atoms with E-state index in [0.717, 1.165) is 5.69 Å². The zero-order valence-corrected chi connectivity index (χ0v) is 14.9. The SMILES string of the molecule is O=C(CSc1nnc(Nc2ccccc2)s1)c1ccc(OC(F)F)cc1. The lowest BCUT2D eigenvalue weighted by Gasteiger charge is -2.05. The van der Waals surface area contributed by atoms with Crippen LogP contribution in [0.25, 0.3) is 0 Å². The Bertz CT molecular complexity index is 858. The van der Waals surface area contributed by atoms with E-state index in [0.29, 0.717) is 15.0 Å². The summed E-state index contributed by atoms with van der Waals surface area (Å²) in [5.74, 6) is 0.0611. The molecule has 1 N–H and O–H groups in total. The second-order valence-corrected chi connectivity index (χ2v) is 7.18. The fourth-order valence-electron chi connectivity index (χ4n) is 2.00. The third-order valence-corrected chi connectivity index (χ3v) is 5.13. The fraction of sp³-hybridized carbons (Fsp3) is 0.118. The molecular weight excluding hydrogens is 380 g/mol. The van der Waals surface area contributed by atoms with Gasteiger partial charge in [0.25, 0.3) is 0 Å². The number of ketones is 1. The number of hydrogen-bond acceptors (Lipinski definition) is 7. The van der Waals surface area contributed by atoms with Gasteiger partial charge in [0.15, 0.2) is 10.1 Å². The molecule has 0 spiro atoms. The van der Waals surface area contributed by atoms with Gasteiger partial charge in [-0.15, -0.1) is 10.2 Å². The van der Waals surface area contributed by atoms with Crippen LogP contribution in [-0.2, 0) is 0 Å². The van der Waals surface area contributed by atoms with Crippen LogP contribution >= 0.6 is 23.1 Å². The Morgan fingerprint density at radius 2 is 1.85 bits per heavy atom. The highest BCUT2D eigenvalue weighted by molar-refractivity contribution is 8.01. The van der Waals surface area contributed by atoms with Crippen LogP contribution in [0.4, 0.5) is 19.6 Å². The van der Waals surface area contributed by atoms with E-state index in [1.807, 2.05) is 30.3 Å². The largest absolute Gasteiger partial charge is 0.435 e. The quantitative estimate of drug-likeness (QED) is 0.436. The average Bonchev–Trinajstić information content (AvgIpc) is 3.08. The highest BCUT2D eigenvalue weighted by atomic mass is 32.2. The number of carbonyl (C=O) groups is 1. The maximum atomic E-state index is 12.2. The van der Waals surface area contributed by atoms with Gasteiger partial charge in [-0.1, -0.05) is 41.3 Å². The van der Waals surface area contributed by atoms with Crippen molar-refractivity contribution in [3.63, 3.8) is 0 Å². The molecule has 0 aliphatic carbocycles. The number of halogens is 2. The summed E-state index contributed by atoms with van der Waals surface area (Å²) in [6, 6.07) is 15.2. The van der Waals surface area contributed by atoms with Gasteiger partial charge in [0.05, 0.1) is 5.75 Å². The van der Waals surface area contributed by atoms with Crippen molar-refractivity contribution >= 4 is 39.7 Å². The van der Waals surface area contributed by atoms with Gasteiger partial charge in [-0.25, -0.2) is 0 Å². The number of hydrogen-bond donors (Lipinski definition) is 1. The zero-order chi connectivity index (χ0) is 18.4. The highest BCUT2D eigenvalue weighted by Gasteiger charge is 2.11. The maximum Gasteiger partial charge on any atom is 0.387 e. The molecule has 9 heteroatoms. The Morgan fingerprint density at radius 3 is 2.54 bits per heavy atom. The van der Waals surface area contributed by atoms with E-state index in [1.165, 1.54) is 47.4 Å². The van der Waals surface area contributed by atoms with Crippen LogP contribution in [0.1, 0.15) is 10.4 Å². The minimum atomic E-state index is -2.89. The van der Waals surface area contributed by atoms with Crippen LogP contribution in [-0.4, -0.2) is 28.3 Å². The van der Waals surface area contributed by atoms with Gasteiger partial charge in [-0.2, -0.15) is 8.78 Å². The second-order valence-electron chi connectivity index (χ2n) is 4.98. The monoisotopic (exact) mass is 393 g/mol. The number of ether oxygens (including phenoxy) is 1. The Hall–Kier alpha value is -2.52. The van der Waals surface area contributed by atoms with E-state index >= 15 is 0 Å². The molecule has 3 rings (SSSR count). The van der Waals surface area contributed by atoms with E-state index < -0.39 is 6.61 Å². The summed E-state index contributed by atoms with van der Waals surface area (Å²) in [7, 11) is 0. The van der Waals surface area contributed by atoms with Crippen molar-refractivity contribution in [2.24, 2.45) is 0 Å². The number of benzene rings is 2. The van der Waals surface area contributed by atoms with Crippen LogP contribution in [0.15, 0.2) is 58.9 Å². The van der Waals surface area contributed by atoms with Crippen molar-refractivity contribution in [2.45, 2.75) is 11.0 Å². The number of carbonyl (C=O) groups excluding carboxylic acids is 1. The summed E-state index contributed by atoms with van der Waals surface area (Å²) in [6.45, 7) is -2.89. The molecular formula is C17H13F2N3O2S2. The molecule has 0 radical (unpaired) electrons. The first kappa shape index (κ1) is 18.3. The molecule has 134 valence electrons. The topological polar surface area (TPSA) is 64.1 Å². The molecule has 0 aliphatic rings. The van der Waals surface area contributed by atoms with Gasteiger partial charge in [0.2, 0.25) is 5.13 Å². The van der Waals surface area contributed by atoms with Crippen molar-refractivity contribution in [3.05, 3.63) is 60.2 Å². The Labute approximate surface area is 156 Å². The molecule has 0 aliphatic heterocycles. The number of alkyl halides is 2. The summed E-state index contributed by atoms with van der Waals surface area (Å²) in [5.41, 5.74) is 1.33. The minimum absolute atomic E-state index is 0.0185. The van der Waals surface area contributed by atoms with Crippen LogP contribution in [0.3, 0.4) is 0 Å². The normalized spacial score (nSPS) is 10.7. The van der Waals surface area contributed by atoms with Gasteiger partial charge in [-0.3, -0.25) is 4.79 Å². The first-order valence-corrected chi connectivity index (χ1v) is 9.27. The van der Waals surface area contributed by atoms with E-state index in [2.05, 4.69) is 20.3 Å². The summed E-state index contributed by atoms with van der Waals surface area (Å²) in [6.07, 6.45) is 0. The zero-order valence-electron chi connectivity index (χ0n) is 13.3. The second kappa shape index (κ2) is 8.72. The van der Waals surface area contributed by atoms with Crippen LogP contribution in [0.5, 0.6) is 5.75 Å². The molecule has 0 saturated heterocycles. The van der Waals surface area contributed by atoms with Crippen molar-refractivity contribution in [1.82, 2.24) is 10.2 Å². The number of thioether (sulfide) groups is 1. The highest BCUT2D eigenvalue weighted by Crippen LogP contribution is 2.28. The van der Waals surface area contributed by atoms with Crippen molar-refractivity contribution in [2.75, 3.05) is 11.1 Å². The summed E-state index contributed by atoms with van der Waals surface area (Å²) in [4.78, 5) is 12.2. The molecule has 0 unspecified atom stereocenters. The first-order chi connectivity index (χ1) is 12.6. The van der Waals surface area contributed by atoms with Gasteiger partial charge in [-0.05, 0) is 36.4 Å². The molecule has 1 aromatic heterocycles. The standard InChI is InChI=1S/C17H13F2N3O2S2/c18-15(19)24-13-8-6-11(7-9-13)14(23)10-25-17-22-21-16(26-17)20-12-4-2-1-3-5-12/h1-9,15H,10H2,(H,20,21). The minimum Gasteiger partial charge on any atom is -0.435 e. The Balaban J connectivity index is 1.53. The number of para-hydroxylation sites is 1. The molecule has 2 aromatic carbocycles. The van der Waals surface area contributed by atoms with Gasteiger partial charge < -0.3 is 10.1 Å². The predicted octanol–water partition coefficient (Wildman–Crippen LogP) is 4.86. The van der Waals surface area contributed by atoms with Gasteiger partial charge in [0.1, 0.15) is 5.75 Å². The van der Waals surface area contributed by atoms with E-state index in [1.54, 1.807) is 0 Å². The van der Waals surface area contributed by atoms with E-state index in [4.69, 9.17) is 0 Å². The molecule has 5 nitrogen and oxygen atoms in total. The molecule has 3 aromatic rings.